The van der Waals surface area contributed by atoms with E-state index in [1.54, 1.807) is 30.0 Å². The molecule has 3 aromatic carbocycles. The van der Waals surface area contributed by atoms with E-state index in [2.05, 4.69) is 10.1 Å². The first-order valence-electron chi connectivity index (χ1n) is 10.8. The molecule has 0 N–H and O–H groups in total. The highest BCUT2D eigenvalue weighted by Crippen LogP contribution is 2.43. The maximum Gasteiger partial charge on any atom is 0.282 e. The van der Waals surface area contributed by atoms with Gasteiger partial charge in [-0.05, 0) is 47.9 Å². The fourth-order valence-electron chi connectivity index (χ4n) is 4.44. The molecule has 0 bridgehead atoms. The number of nitrogens with zero attached hydrogens (tertiary/aromatic N) is 5. The van der Waals surface area contributed by atoms with Gasteiger partial charge in [-0.1, -0.05) is 48.0 Å². The van der Waals surface area contributed by atoms with Crippen LogP contribution in [0.3, 0.4) is 0 Å². The second kappa shape index (κ2) is 9.19. The zero-order valence-corrected chi connectivity index (χ0v) is 19.4. The van der Waals surface area contributed by atoms with Gasteiger partial charge in [0.25, 0.3) is 11.6 Å². The van der Waals surface area contributed by atoms with Crippen molar-refractivity contribution in [3.63, 3.8) is 0 Å². The van der Waals surface area contributed by atoms with Crippen molar-refractivity contribution < 1.29 is 14.5 Å². The topological polar surface area (TPSA) is 103 Å². The van der Waals surface area contributed by atoms with Crippen molar-refractivity contribution >= 4 is 29.1 Å². The average molecular weight is 490 g/mol. The van der Waals surface area contributed by atoms with Crippen molar-refractivity contribution in [2.24, 2.45) is 0 Å². The van der Waals surface area contributed by atoms with E-state index in [0.29, 0.717) is 23.1 Å². The predicted molar refractivity (Wildman–Crippen MR) is 130 cm³/mol. The van der Waals surface area contributed by atoms with Crippen LogP contribution in [0, 0.1) is 10.1 Å². The quantitative estimate of drug-likeness (QED) is 0.281. The molecule has 0 saturated carbocycles. The molecule has 0 aliphatic carbocycles. The summed E-state index contributed by atoms with van der Waals surface area (Å²) in [6, 6.07) is 20.1. The van der Waals surface area contributed by atoms with Crippen LogP contribution >= 0.6 is 11.6 Å². The zero-order valence-electron chi connectivity index (χ0n) is 18.6. The van der Waals surface area contributed by atoms with Crippen LogP contribution in [0.25, 0.3) is 0 Å². The van der Waals surface area contributed by atoms with Gasteiger partial charge in [-0.3, -0.25) is 19.8 Å². The highest BCUT2D eigenvalue weighted by molar-refractivity contribution is 6.30. The average Bonchev–Trinajstić information content (AvgIpc) is 3.38. The molecule has 2 atom stereocenters. The number of aromatic nitrogens is 3. The maximum atomic E-state index is 13.9. The lowest BCUT2D eigenvalue weighted by molar-refractivity contribution is -0.385. The molecule has 0 spiro atoms. The summed E-state index contributed by atoms with van der Waals surface area (Å²) in [6.07, 6.45) is 1.85. The van der Waals surface area contributed by atoms with Crippen molar-refractivity contribution in [3.05, 3.63) is 111 Å². The summed E-state index contributed by atoms with van der Waals surface area (Å²) >= 11 is 6.10. The van der Waals surface area contributed by atoms with Crippen LogP contribution in [0.5, 0.6) is 5.75 Å². The number of anilines is 1. The van der Waals surface area contributed by atoms with E-state index < -0.39 is 16.9 Å². The Bertz CT molecular complexity index is 1390. The summed E-state index contributed by atoms with van der Waals surface area (Å²) in [5, 5.41) is 16.7. The van der Waals surface area contributed by atoms with Gasteiger partial charge in [0.15, 0.2) is 0 Å². The molecule has 2 heterocycles. The summed E-state index contributed by atoms with van der Waals surface area (Å²) in [7, 11) is 1.58. The SMILES string of the molecule is COc1ccc([C@@H]2C[C@H](c3ccc(Cl)cc3)n3ncnc3N2C(=O)c2ccccc2[N+](=O)[O-])cc1. The van der Waals surface area contributed by atoms with Gasteiger partial charge < -0.3 is 4.74 Å². The molecule has 10 heteroatoms. The third-order valence-electron chi connectivity index (χ3n) is 6.13. The second-order valence-electron chi connectivity index (χ2n) is 8.05. The van der Waals surface area contributed by atoms with Crippen LogP contribution in [-0.4, -0.2) is 32.7 Å². The Hall–Kier alpha value is -4.24. The number of hydrogen-bond acceptors (Lipinski definition) is 6. The third kappa shape index (κ3) is 4.10. The number of nitro groups is 1. The Labute approximate surface area is 205 Å². The predicted octanol–water partition coefficient (Wildman–Crippen LogP) is 5.23. The van der Waals surface area contributed by atoms with Crippen molar-refractivity contribution in [2.45, 2.75) is 18.5 Å². The van der Waals surface area contributed by atoms with Crippen LogP contribution in [0.1, 0.15) is 40.0 Å². The molecule has 5 rings (SSSR count). The Kier molecular flexibility index (Phi) is 5.92. The molecule has 1 aliphatic rings. The number of ether oxygens (including phenoxy) is 1. The molecule has 1 aromatic heterocycles. The van der Waals surface area contributed by atoms with E-state index in [9.17, 15) is 14.9 Å². The number of nitro benzene ring substituents is 1. The number of methoxy groups -OCH3 is 1. The van der Waals surface area contributed by atoms with Crippen LogP contribution < -0.4 is 9.64 Å². The zero-order chi connectivity index (χ0) is 24.5. The number of amides is 1. The van der Waals surface area contributed by atoms with E-state index in [4.69, 9.17) is 16.3 Å². The van der Waals surface area contributed by atoms with E-state index in [1.807, 2.05) is 36.4 Å². The number of rotatable bonds is 5. The Morgan fingerprint density at radius 1 is 1.03 bits per heavy atom. The Balaban J connectivity index is 1.66. The number of para-hydroxylation sites is 1. The number of hydrogen-bond donors (Lipinski definition) is 0. The van der Waals surface area contributed by atoms with Crippen LogP contribution in [-0.2, 0) is 0 Å². The first-order chi connectivity index (χ1) is 17.0. The molecular weight excluding hydrogens is 470 g/mol. The lowest BCUT2D eigenvalue weighted by Crippen LogP contribution is -2.42. The summed E-state index contributed by atoms with van der Waals surface area (Å²) in [6.45, 7) is 0. The molecule has 1 amide bonds. The van der Waals surface area contributed by atoms with E-state index >= 15 is 0 Å². The van der Waals surface area contributed by atoms with Gasteiger partial charge in [0.2, 0.25) is 5.95 Å². The summed E-state index contributed by atoms with van der Waals surface area (Å²) in [5.41, 5.74) is 1.51. The fourth-order valence-corrected chi connectivity index (χ4v) is 4.57. The molecule has 0 unspecified atom stereocenters. The number of fused-ring (bicyclic) bond motifs is 1. The standard InChI is InChI=1S/C25H20ClN5O4/c1-35-19-12-8-16(9-13-19)22-14-23(17-6-10-18(26)11-7-17)30-25(27-15-28-30)29(22)24(32)20-4-2-3-5-21(20)31(33)34/h2-13,15,22-23H,14H2,1H3/t22-,23+/m0/s1. The summed E-state index contributed by atoms with van der Waals surface area (Å²) in [5.74, 6) is 0.459. The minimum atomic E-state index is -0.555. The lowest BCUT2D eigenvalue weighted by atomic mass is 9.91. The molecule has 1 aliphatic heterocycles. The van der Waals surface area contributed by atoms with E-state index in [0.717, 1.165) is 11.1 Å². The Morgan fingerprint density at radius 3 is 2.37 bits per heavy atom. The largest absolute Gasteiger partial charge is 0.497 e. The maximum absolute atomic E-state index is 13.9. The van der Waals surface area contributed by atoms with Crippen molar-refractivity contribution in [1.29, 1.82) is 0 Å². The summed E-state index contributed by atoms with van der Waals surface area (Å²) < 4.78 is 6.97. The van der Waals surface area contributed by atoms with Gasteiger partial charge in [0.1, 0.15) is 17.6 Å². The number of carbonyl (C=O) groups is 1. The molecule has 9 nitrogen and oxygen atoms in total. The second-order valence-corrected chi connectivity index (χ2v) is 8.48. The first kappa shape index (κ1) is 22.5. The molecule has 0 fully saturated rings. The van der Waals surface area contributed by atoms with Gasteiger partial charge in [0.05, 0.1) is 24.1 Å². The summed E-state index contributed by atoms with van der Waals surface area (Å²) in [4.78, 5) is 30.9. The van der Waals surface area contributed by atoms with Crippen LogP contribution in [0.2, 0.25) is 5.02 Å². The highest BCUT2D eigenvalue weighted by Gasteiger charge is 2.41. The fraction of sp³-hybridized carbons (Fsp3) is 0.160. The van der Waals surface area contributed by atoms with Gasteiger partial charge in [-0.2, -0.15) is 10.1 Å². The third-order valence-corrected chi connectivity index (χ3v) is 6.38. The van der Waals surface area contributed by atoms with Gasteiger partial charge in [0, 0.05) is 11.1 Å². The molecule has 35 heavy (non-hydrogen) atoms. The molecule has 0 saturated heterocycles. The number of benzene rings is 3. The molecule has 0 radical (unpaired) electrons. The van der Waals surface area contributed by atoms with Crippen LogP contribution in [0.4, 0.5) is 11.6 Å². The minimum Gasteiger partial charge on any atom is -0.497 e. The lowest BCUT2D eigenvalue weighted by Gasteiger charge is -2.39. The monoisotopic (exact) mass is 489 g/mol. The van der Waals surface area contributed by atoms with E-state index in [1.165, 1.54) is 29.4 Å². The van der Waals surface area contributed by atoms with E-state index in [-0.39, 0.29) is 17.3 Å². The highest BCUT2D eigenvalue weighted by atomic mass is 35.5. The normalized spacial score (nSPS) is 17.0. The Morgan fingerprint density at radius 2 is 1.69 bits per heavy atom. The van der Waals surface area contributed by atoms with Crippen molar-refractivity contribution in [2.75, 3.05) is 12.0 Å². The van der Waals surface area contributed by atoms with Gasteiger partial charge in [-0.25, -0.2) is 4.68 Å². The first-order valence-corrected chi connectivity index (χ1v) is 11.2. The van der Waals surface area contributed by atoms with Crippen molar-refractivity contribution in [3.8, 4) is 5.75 Å². The van der Waals surface area contributed by atoms with Gasteiger partial charge in [-0.15, -0.1) is 0 Å². The van der Waals surface area contributed by atoms with Gasteiger partial charge >= 0.3 is 0 Å². The minimum absolute atomic E-state index is 0.0181. The number of halogens is 1. The molecule has 4 aromatic rings. The number of carbonyl (C=O) groups excluding carboxylic acids is 1. The smallest absolute Gasteiger partial charge is 0.282 e. The molecule has 176 valence electrons. The molecular formula is C25H20ClN5O4. The van der Waals surface area contributed by atoms with Crippen molar-refractivity contribution in [1.82, 2.24) is 14.8 Å². The van der Waals surface area contributed by atoms with Crippen LogP contribution in [0.15, 0.2) is 79.1 Å².